The summed E-state index contributed by atoms with van der Waals surface area (Å²) >= 11 is 0. The molecular weight excluding hydrogens is 358 g/mol. The molecule has 0 N–H and O–H groups in total. The lowest BCUT2D eigenvalue weighted by molar-refractivity contribution is 0.0621. The molecule has 0 aliphatic carbocycles. The van der Waals surface area contributed by atoms with Gasteiger partial charge in [-0.25, -0.2) is 0 Å². The Balaban J connectivity index is 1.41. The number of aryl methyl sites for hydroxylation is 1. The van der Waals surface area contributed by atoms with E-state index in [0.717, 1.165) is 54.5 Å². The van der Waals surface area contributed by atoms with Crippen molar-refractivity contribution in [2.45, 2.75) is 39.5 Å². The monoisotopic (exact) mass is 391 g/mol. The van der Waals surface area contributed by atoms with E-state index in [1.165, 1.54) is 32.4 Å². The molecule has 29 heavy (non-hydrogen) atoms. The maximum Gasteiger partial charge on any atom is 0.255 e. The quantitative estimate of drug-likeness (QED) is 0.762. The van der Waals surface area contributed by atoms with E-state index < -0.39 is 0 Å². The molecule has 2 aliphatic rings. The van der Waals surface area contributed by atoms with Crippen molar-refractivity contribution in [3.63, 3.8) is 0 Å². The maximum absolute atomic E-state index is 13.2. The number of hydrogen-bond acceptors (Lipinski definition) is 3. The van der Waals surface area contributed by atoms with Crippen LogP contribution in [0, 0.1) is 18.8 Å². The second kappa shape index (κ2) is 9.08. The van der Waals surface area contributed by atoms with E-state index in [1.54, 1.807) is 0 Å². The van der Waals surface area contributed by atoms with Gasteiger partial charge in [0.2, 0.25) is 0 Å². The molecule has 1 aromatic carbocycles. The smallest absolute Gasteiger partial charge is 0.255 e. The van der Waals surface area contributed by atoms with E-state index in [9.17, 15) is 4.79 Å². The summed E-state index contributed by atoms with van der Waals surface area (Å²) in [5, 5.41) is 0. The van der Waals surface area contributed by atoms with Crippen LogP contribution in [0.2, 0.25) is 0 Å². The second-order valence-electron chi connectivity index (χ2n) is 8.94. The van der Waals surface area contributed by atoms with Crippen molar-refractivity contribution >= 4 is 5.91 Å². The third kappa shape index (κ3) is 4.87. The largest absolute Gasteiger partial charge is 0.338 e. The number of benzene rings is 1. The van der Waals surface area contributed by atoms with Crippen LogP contribution in [-0.4, -0.2) is 53.4 Å². The number of nitrogens with zero attached hydrogens (tertiary/aromatic N) is 3. The first-order valence-corrected chi connectivity index (χ1v) is 11.1. The molecule has 154 valence electrons. The van der Waals surface area contributed by atoms with Crippen molar-refractivity contribution in [2.75, 3.05) is 32.7 Å². The van der Waals surface area contributed by atoms with Crippen LogP contribution in [-0.2, 0) is 0 Å². The van der Waals surface area contributed by atoms with Crippen LogP contribution in [0.15, 0.2) is 42.5 Å². The molecule has 1 atom stereocenters. The van der Waals surface area contributed by atoms with Crippen molar-refractivity contribution in [1.29, 1.82) is 0 Å². The SMILES string of the molecule is Cc1nc(-c2ccccc2)ccc1C(=O)N1CCCC(CN2CCC(C)CC2)C1. The first-order chi connectivity index (χ1) is 14.1. The van der Waals surface area contributed by atoms with E-state index in [-0.39, 0.29) is 5.91 Å². The second-order valence-corrected chi connectivity index (χ2v) is 8.94. The minimum absolute atomic E-state index is 0.145. The molecule has 4 heteroatoms. The van der Waals surface area contributed by atoms with Gasteiger partial charge in [0, 0.05) is 25.2 Å². The third-order valence-corrected chi connectivity index (χ3v) is 6.58. The molecule has 1 aromatic heterocycles. The van der Waals surface area contributed by atoms with E-state index in [1.807, 2.05) is 37.3 Å². The topological polar surface area (TPSA) is 36.4 Å². The van der Waals surface area contributed by atoms with Gasteiger partial charge in [-0.05, 0) is 69.7 Å². The minimum atomic E-state index is 0.145. The lowest BCUT2D eigenvalue weighted by Crippen LogP contribution is -2.45. The van der Waals surface area contributed by atoms with Crippen molar-refractivity contribution in [3.05, 3.63) is 53.7 Å². The normalized spacial score (nSPS) is 21.3. The van der Waals surface area contributed by atoms with Crippen molar-refractivity contribution < 1.29 is 4.79 Å². The number of rotatable bonds is 4. The average Bonchev–Trinajstić information content (AvgIpc) is 2.76. The van der Waals surface area contributed by atoms with Crippen molar-refractivity contribution in [1.82, 2.24) is 14.8 Å². The first-order valence-electron chi connectivity index (χ1n) is 11.1. The van der Waals surface area contributed by atoms with Crippen molar-refractivity contribution in [2.24, 2.45) is 11.8 Å². The van der Waals surface area contributed by atoms with E-state index >= 15 is 0 Å². The van der Waals surface area contributed by atoms with Gasteiger partial charge in [-0.2, -0.15) is 0 Å². The predicted molar refractivity (Wildman–Crippen MR) is 118 cm³/mol. The molecular formula is C25H33N3O. The fourth-order valence-electron chi connectivity index (χ4n) is 4.74. The van der Waals surface area contributed by atoms with Crippen LogP contribution in [0.5, 0.6) is 0 Å². The maximum atomic E-state index is 13.2. The number of pyridine rings is 1. The molecule has 1 unspecified atom stereocenters. The Morgan fingerprint density at radius 1 is 1.03 bits per heavy atom. The summed E-state index contributed by atoms with van der Waals surface area (Å²) in [7, 11) is 0. The van der Waals surface area contributed by atoms with Gasteiger partial charge in [-0.3, -0.25) is 9.78 Å². The fourth-order valence-corrected chi connectivity index (χ4v) is 4.74. The average molecular weight is 392 g/mol. The summed E-state index contributed by atoms with van der Waals surface area (Å²) < 4.78 is 0. The van der Waals surface area contributed by atoms with Gasteiger partial charge >= 0.3 is 0 Å². The number of carbonyl (C=O) groups is 1. The highest BCUT2D eigenvalue weighted by atomic mass is 16.2. The molecule has 2 fully saturated rings. The van der Waals surface area contributed by atoms with Crippen molar-refractivity contribution in [3.8, 4) is 11.3 Å². The summed E-state index contributed by atoms with van der Waals surface area (Å²) in [6, 6.07) is 14.1. The van der Waals surface area contributed by atoms with Crippen LogP contribution in [0.1, 0.15) is 48.7 Å². The van der Waals surface area contributed by atoms with Crippen LogP contribution in [0.4, 0.5) is 0 Å². The van der Waals surface area contributed by atoms with Gasteiger partial charge in [0.15, 0.2) is 0 Å². The number of aromatic nitrogens is 1. The number of carbonyl (C=O) groups excluding carboxylic acids is 1. The predicted octanol–water partition coefficient (Wildman–Crippen LogP) is 4.64. The zero-order valence-electron chi connectivity index (χ0n) is 17.8. The summed E-state index contributed by atoms with van der Waals surface area (Å²) in [6.07, 6.45) is 4.97. The summed E-state index contributed by atoms with van der Waals surface area (Å²) in [6.45, 7) is 9.64. The number of hydrogen-bond donors (Lipinski definition) is 0. The molecule has 0 bridgehead atoms. The molecule has 0 spiro atoms. The van der Waals surface area contributed by atoms with Gasteiger partial charge in [-0.15, -0.1) is 0 Å². The van der Waals surface area contributed by atoms with E-state index in [2.05, 4.69) is 28.9 Å². The number of amides is 1. The zero-order chi connectivity index (χ0) is 20.2. The Morgan fingerprint density at radius 2 is 1.79 bits per heavy atom. The number of piperidine rings is 2. The van der Waals surface area contributed by atoms with Crippen LogP contribution < -0.4 is 0 Å². The molecule has 0 radical (unpaired) electrons. The Labute approximate surface area is 174 Å². The summed E-state index contributed by atoms with van der Waals surface area (Å²) in [5.41, 5.74) is 3.58. The highest BCUT2D eigenvalue weighted by Gasteiger charge is 2.28. The summed E-state index contributed by atoms with van der Waals surface area (Å²) in [4.78, 5) is 22.6. The first kappa shape index (κ1) is 20.1. The molecule has 4 rings (SSSR count). The third-order valence-electron chi connectivity index (χ3n) is 6.58. The van der Waals surface area contributed by atoms with Crippen LogP contribution >= 0.6 is 0 Å². The minimum Gasteiger partial charge on any atom is -0.338 e. The molecule has 4 nitrogen and oxygen atoms in total. The fraction of sp³-hybridized carbons (Fsp3) is 0.520. The highest BCUT2D eigenvalue weighted by molar-refractivity contribution is 5.95. The lowest BCUT2D eigenvalue weighted by atomic mass is 9.94. The Bertz CT molecular complexity index is 827. The van der Waals surface area contributed by atoms with Gasteiger partial charge in [0.1, 0.15) is 0 Å². The molecule has 1 amide bonds. The molecule has 2 saturated heterocycles. The van der Waals surface area contributed by atoms with E-state index in [0.29, 0.717) is 5.92 Å². The number of likely N-dealkylation sites (tertiary alicyclic amines) is 2. The Morgan fingerprint density at radius 3 is 2.52 bits per heavy atom. The van der Waals surface area contributed by atoms with Crippen LogP contribution in [0.3, 0.4) is 0 Å². The van der Waals surface area contributed by atoms with Gasteiger partial charge in [0.25, 0.3) is 5.91 Å². The van der Waals surface area contributed by atoms with Crippen LogP contribution in [0.25, 0.3) is 11.3 Å². The Kier molecular flexibility index (Phi) is 6.29. The molecule has 2 aromatic rings. The molecule has 2 aliphatic heterocycles. The molecule has 0 saturated carbocycles. The standard InChI is InChI=1S/C25H33N3O/c1-19-12-15-27(16-13-19)17-21-7-6-14-28(18-21)25(29)23-10-11-24(26-20(23)2)22-8-4-3-5-9-22/h3-5,8-11,19,21H,6-7,12-18H2,1-2H3. The summed E-state index contributed by atoms with van der Waals surface area (Å²) in [5.74, 6) is 1.61. The highest BCUT2D eigenvalue weighted by Crippen LogP contribution is 2.24. The van der Waals surface area contributed by atoms with Gasteiger partial charge < -0.3 is 9.80 Å². The Hall–Kier alpha value is -2.20. The zero-order valence-corrected chi connectivity index (χ0v) is 17.8. The molecule has 3 heterocycles. The van der Waals surface area contributed by atoms with Gasteiger partial charge in [-0.1, -0.05) is 37.3 Å². The lowest BCUT2D eigenvalue weighted by Gasteiger charge is -2.38. The van der Waals surface area contributed by atoms with E-state index in [4.69, 9.17) is 4.98 Å². The van der Waals surface area contributed by atoms with Gasteiger partial charge in [0.05, 0.1) is 17.0 Å².